The van der Waals surface area contributed by atoms with Crippen LogP contribution in [0.2, 0.25) is 0 Å². The molecule has 102 valence electrons. The first kappa shape index (κ1) is 14.9. The molecule has 0 heterocycles. The van der Waals surface area contributed by atoms with Crippen LogP contribution in [-0.4, -0.2) is 40.5 Å². The predicted molar refractivity (Wildman–Crippen MR) is 69.2 cm³/mol. The minimum atomic E-state index is -3.61. The van der Waals surface area contributed by atoms with Crippen LogP contribution in [0.25, 0.3) is 0 Å². The van der Waals surface area contributed by atoms with Gasteiger partial charge >= 0.3 is 0 Å². The molecule has 0 bridgehead atoms. The lowest BCUT2D eigenvalue weighted by atomic mass is 10.3. The van der Waals surface area contributed by atoms with E-state index >= 15 is 0 Å². The van der Waals surface area contributed by atoms with Gasteiger partial charge < -0.3 is 10.6 Å². The molecule has 0 aromatic heterocycles. The summed E-state index contributed by atoms with van der Waals surface area (Å²) in [5.74, 6) is -0.624. The second-order valence-electron chi connectivity index (χ2n) is 4.24. The molecule has 5 nitrogen and oxygen atoms in total. The Morgan fingerprint density at radius 2 is 2.06 bits per heavy atom. The van der Waals surface area contributed by atoms with Crippen molar-refractivity contribution < 1.29 is 12.8 Å². The summed E-state index contributed by atoms with van der Waals surface area (Å²) in [7, 11) is 0.211. The number of nitrogens with one attached hydrogen (secondary N) is 1. The molecule has 1 aromatic rings. The van der Waals surface area contributed by atoms with Gasteiger partial charge in [0.2, 0.25) is 10.0 Å². The lowest BCUT2D eigenvalue weighted by molar-refractivity contribution is 0.400. The number of anilines is 1. The molecule has 1 aromatic carbocycles. The summed E-state index contributed by atoms with van der Waals surface area (Å²) >= 11 is 0. The maximum atomic E-state index is 12.9. The Kier molecular flexibility index (Phi) is 5.06. The molecule has 0 spiro atoms. The second kappa shape index (κ2) is 6.12. The van der Waals surface area contributed by atoms with Crippen LogP contribution in [0.3, 0.4) is 0 Å². The van der Waals surface area contributed by atoms with E-state index < -0.39 is 15.8 Å². The van der Waals surface area contributed by atoms with Gasteiger partial charge in [-0.25, -0.2) is 17.5 Å². The van der Waals surface area contributed by atoms with Gasteiger partial charge in [-0.15, -0.1) is 0 Å². The molecule has 0 saturated heterocycles. The number of benzene rings is 1. The molecule has 0 unspecified atom stereocenters. The molecule has 0 aliphatic carbocycles. The highest BCUT2D eigenvalue weighted by molar-refractivity contribution is 7.89. The fourth-order valence-corrected chi connectivity index (χ4v) is 2.48. The molecule has 3 N–H and O–H groups in total. The van der Waals surface area contributed by atoms with Crippen LogP contribution < -0.4 is 10.5 Å². The maximum absolute atomic E-state index is 12.9. The summed E-state index contributed by atoms with van der Waals surface area (Å²) < 4.78 is 39.1. The smallest absolute Gasteiger partial charge is 0.240 e. The largest absolute Gasteiger partial charge is 0.396 e. The SMILES string of the molecule is CN(C)CCCNS(=O)(=O)c1ccc(F)c(N)c1. The van der Waals surface area contributed by atoms with Gasteiger partial charge in [0.25, 0.3) is 0 Å². The van der Waals surface area contributed by atoms with Gasteiger partial charge in [-0.3, -0.25) is 0 Å². The highest BCUT2D eigenvalue weighted by Gasteiger charge is 2.14. The summed E-state index contributed by atoms with van der Waals surface area (Å²) in [6.45, 7) is 1.12. The number of hydrogen-bond acceptors (Lipinski definition) is 4. The minimum absolute atomic E-state index is 0.0220. The van der Waals surface area contributed by atoms with Gasteiger partial charge in [0, 0.05) is 6.54 Å². The monoisotopic (exact) mass is 275 g/mol. The summed E-state index contributed by atoms with van der Waals surface area (Å²) in [5, 5.41) is 0. The van der Waals surface area contributed by atoms with Gasteiger partial charge in [0.05, 0.1) is 10.6 Å². The molecule has 0 saturated carbocycles. The number of rotatable bonds is 6. The van der Waals surface area contributed by atoms with Crippen LogP contribution >= 0.6 is 0 Å². The maximum Gasteiger partial charge on any atom is 0.240 e. The number of nitrogens with zero attached hydrogens (tertiary/aromatic N) is 1. The molecule has 1 rings (SSSR count). The van der Waals surface area contributed by atoms with Crippen molar-refractivity contribution in [2.75, 3.05) is 32.9 Å². The average Bonchev–Trinajstić information content (AvgIpc) is 2.28. The zero-order valence-corrected chi connectivity index (χ0v) is 11.3. The third-order valence-corrected chi connectivity index (χ3v) is 3.81. The third-order valence-electron chi connectivity index (χ3n) is 2.35. The normalized spacial score (nSPS) is 12.0. The third kappa shape index (κ3) is 4.25. The highest BCUT2D eigenvalue weighted by atomic mass is 32.2. The van der Waals surface area contributed by atoms with Gasteiger partial charge in [-0.2, -0.15) is 0 Å². The molecule has 0 amide bonds. The average molecular weight is 275 g/mol. The number of sulfonamides is 1. The van der Waals surface area contributed by atoms with Crippen molar-refractivity contribution >= 4 is 15.7 Å². The van der Waals surface area contributed by atoms with E-state index in [9.17, 15) is 12.8 Å². The van der Waals surface area contributed by atoms with Crippen LogP contribution in [0.1, 0.15) is 6.42 Å². The van der Waals surface area contributed by atoms with Crippen molar-refractivity contribution in [2.45, 2.75) is 11.3 Å². The van der Waals surface area contributed by atoms with Gasteiger partial charge in [-0.1, -0.05) is 0 Å². The first-order valence-corrected chi connectivity index (χ1v) is 7.00. The van der Waals surface area contributed by atoms with Crippen molar-refractivity contribution in [2.24, 2.45) is 0 Å². The van der Waals surface area contributed by atoms with Crippen molar-refractivity contribution in [3.05, 3.63) is 24.0 Å². The number of nitrogen functional groups attached to an aromatic ring is 1. The lowest BCUT2D eigenvalue weighted by Gasteiger charge is -2.10. The molecule has 0 aliphatic heterocycles. The molecule has 0 fully saturated rings. The Bertz CT molecular complexity index is 503. The lowest BCUT2D eigenvalue weighted by Crippen LogP contribution is -2.27. The van der Waals surface area contributed by atoms with E-state index in [4.69, 9.17) is 5.73 Å². The van der Waals surface area contributed by atoms with Crippen LogP contribution in [-0.2, 0) is 10.0 Å². The molecule has 0 aliphatic rings. The van der Waals surface area contributed by atoms with E-state index in [1.54, 1.807) is 0 Å². The van der Waals surface area contributed by atoms with Crippen LogP contribution in [0.15, 0.2) is 23.1 Å². The molecular weight excluding hydrogens is 257 g/mol. The van der Waals surface area contributed by atoms with E-state index in [0.29, 0.717) is 13.0 Å². The standard InChI is InChI=1S/C11H18FN3O2S/c1-15(2)7-3-6-14-18(16,17)9-4-5-10(12)11(13)8-9/h4-5,8,14H,3,6-7,13H2,1-2H3. The van der Waals surface area contributed by atoms with E-state index in [2.05, 4.69) is 4.72 Å². The van der Waals surface area contributed by atoms with Crippen LogP contribution in [0, 0.1) is 5.82 Å². The zero-order chi connectivity index (χ0) is 13.8. The minimum Gasteiger partial charge on any atom is -0.396 e. The van der Waals surface area contributed by atoms with Crippen molar-refractivity contribution in [1.82, 2.24) is 9.62 Å². The molecule has 0 radical (unpaired) electrons. The van der Waals surface area contributed by atoms with E-state index in [-0.39, 0.29) is 10.6 Å². The summed E-state index contributed by atoms with van der Waals surface area (Å²) in [6.07, 6.45) is 0.697. The van der Waals surface area contributed by atoms with Gasteiger partial charge in [0.1, 0.15) is 5.82 Å². The fraction of sp³-hybridized carbons (Fsp3) is 0.455. The Hall–Kier alpha value is -1.18. The number of nitrogens with two attached hydrogens (primary N) is 1. The molecular formula is C11H18FN3O2S. The highest BCUT2D eigenvalue weighted by Crippen LogP contribution is 2.16. The van der Waals surface area contributed by atoms with Crippen molar-refractivity contribution in [1.29, 1.82) is 0 Å². The van der Waals surface area contributed by atoms with Gasteiger partial charge in [-0.05, 0) is 45.3 Å². The van der Waals surface area contributed by atoms with Gasteiger partial charge in [0.15, 0.2) is 0 Å². The summed E-state index contributed by atoms with van der Waals surface area (Å²) in [6, 6.07) is 3.35. The molecule has 18 heavy (non-hydrogen) atoms. The fourth-order valence-electron chi connectivity index (χ4n) is 1.37. The van der Waals surface area contributed by atoms with Crippen LogP contribution in [0.4, 0.5) is 10.1 Å². The first-order valence-electron chi connectivity index (χ1n) is 5.52. The zero-order valence-electron chi connectivity index (χ0n) is 10.5. The molecule has 7 heteroatoms. The topological polar surface area (TPSA) is 75.4 Å². The second-order valence-corrected chi connectivity index (χ2v) is 6.00. The predicted octanol–water partition coefficient (Wildman–Crippen LogP) is 0.638. The Balaban J connectivity index is 2.66. The van der Waals surface area contributed by atoms with E-state index in [1.807, 2.05) is 19.0 Å². The molecule has 0 atom stereocenters. The first-order chi connectivity index (χ1) is 8.33. The Morgan fingerprint density at radius 3 is 2.61 bits per heavy atom. The van der Waals surface area contributed by atoms with Crippen molar-refractivity contribution in [3.8, 4) is 0 Å². The quantitative estimate of drug-likeness (QED) is 0.590. The van der Waals surface area contributed by atoms with E-state index in [1.165, 1.54) is 6.07 Å². The number of halogens is 1. The van der Waals surface area contributed by atoms with Crippen LogP contribution in [0.5, 0.6) is 0 Å². The Labute approximate surface area is 107 Å². The Morgan fingerprint density at radius 1 is 1.39 bits per heavy atom. The van der Waals surface area contributed by atoms with Crippen molar-refractivity contribution in [3.63, 3.8) is 0 Å². The summed E-state index contributed by atoms with van der Waals surface area (Å²) in [5.41, 5.74) is 5.16. The summed E-state index contributed by atoms with van der Waals surface area (Å²) in [4.78, 5) is 1.94. The number of hydrogen-bond donors (Lipinski definition) is 2. The van der Waals surface area contributed by atoms with E-state index in [0.717, 1.165) is 18.7 Å².